The minimum atomic E-state index is -0.210. The molecule has 148 valence electrons. The van der Waals surface area contributed by atoms with Crippen molar-refractivity contribution in [3.8, 4) is 0 Å². The number of benzene rings is 2. The summed E-state index contributed by atoms with van der Waals surface area (Å²) in [6.45, 7) is 2.49. The van der Waals surface area contributed by atoms with Crippen molar-refractivity contribution in [3.63, 3.8) is 0 Å². The monoisotopic (exact) mass is 440 g/mol. The Hall–Kier alpha value is -1.99. The molecular weight excluding hydrogens is 423 g/mol. The number of carbonyl (C=O) groups excluding carboxylic acids is 2. The first kappa shape index (κ1) is 20.7. The number of rotatable bonds is 4. The third-order valence-corrected chi connectivity index (χ3v) is 5.41. The number of hydrogen-bond acceptors (Lipinski definition) is 3. The maximum Gasteiger partial charge on any atom is 0.321 e. The fraction of sp³-hybridized carbons (Fsp3) is 0.263. The first-order chi connectivity index (χ1) is 13.4. The summed E-state index contributed by atoms with van der Waals surface area (Å²) in [6, 6.07) is 11.8. The van der Waals surface area contributed by atoms with E-state index in [0.717, 1.165) is 0 Å². The highest BCUT2D eigenvalue weighted by molar-refractivity contribution is 6.42. The predicted octanol–water partition coefficient (Wildman–Crippen LogP) is 4.44. The van der Waals surface area contributed by atoms with Gasteiger partial charge in [-0.25, -0.2) is 4.79 Å². The Bertz CT molecular complexity index is 870. The van der Waals surface area contributed by atoms with Crippen LogP contribution in [0.5, 0.6) is 0 Å². The van der Waals surface area contributed by atoms with Gasteiger partial charge in [0.05, 0.1) is 27.3 Å². The van der Waals surface area contributed by atoms with Crippen LogP contribution in [0, 0.1) is 0 Å². The molecule has 2 N–H and O–H groups in total. The van der Waals surface area contributed by atoms with Crippen LogP contribution >= 0.6 is 34.8 Å². The number of halogens is 3. The molecular formula is C19H19Cl3N4O2. The highest BCUT2D eigenvalue weighted by Crippen LogP contribution is 2.25. The van der Waals surface area contributed by atoms with E-state index in [1.165, 1.54) is 0 Å². The van der Waals surface area contributed by atoms with Crippen LogP contribution in [0.25, 0.3) is 0 Å². The van der Waals surface area contributed by atoms with Gasteiger partial charge in [-0.3, -0.25) is 9.69 Å². The number of para-hydroxylation sites is 1. The summed E-state index contributed by atoms with van der Waals surface area (Å²) in [6.07, 6.45) is 0. The van der Waals surface area contributed by atoms with E-state index >= 15 is 0 Å². The molecule has 0 bridgehead atoms. The molecule has 0 radical (unpaired) electrons. The van der Waals surface area contributed by atoms with E-state index in [2.05, 4.69) is 10.6 Å². The van der Waals surface area contributed by atoms with Crippen molar-refractivity contribution in [2.45, 2.75) is 0 Å². The van der Waals surface area contributed by atoms with Crippen molar-refractivity contribution in [3.05, 3.63) is 57.5 Å². The summed E-state index contributed by atoms with van der Waals surface area (Å²) in [7, 11) is 0. The standard InChI is InChI=1S/C19H19Cl3N4O2/c20-14-6-5-13(11-16(14)22)23-19(28)26-9-7-25(8-10-26)12-18(27)24-17-4-2-1-3-15(17)21/h1-6,11H,7-10,12H2,(H,23,28)(H,24,27). The van der Waals surface area contributed by atoms with Gasteiger partial charge in [0.25, 0.3) is 0 Å². The van der Waals surface area contributed by atoms with Crippen LogP contribution in [0.3, 0.4) is 0 Å². The largest absolute Gasteiger partial charge is 0.324 e. The van der Waals surface area contributed by atoms with Crippen LogP contribution in [0.4, 0.5) is 16.2 Å². The average Bonchev–Trinajstić information content (AvgIpc) is 2.67. The number of nitrogens with zero attached hydrogens (tertiary/aromatic N) is 2. The molecule has 0 atom stereocenters. The van der Waals surface area contributed by atoms with Crippen molar-refractivity contribution >= 4 is 58.1 Å². The maximum atomic E-state index is 12.4. The topological polar surface area (TPSA) is 64.7 Å². The lowest BCUT2D eigenvalue weighted by Crippen LogP contribution is -2.51. The van der Waals surface area contributed by atoms with Crippen LogP contribution in [-0.2, 0) is 4.79 Å². The smallest absolute Gasteiger partial charge is 0.321 e. The van der Waals surface area contributed by atoms with E-state index < -0.39 is 0 Å². The molecule has 1 aliphatic rings. The maximum absolute atomic E-state index is 12.4. The Morgan fingerprint density at radius 2 is 1.57 bits per heavy atom. The summed E-state index contributed by atoms with van der Waals surface area (Å²) >= 11 is 17.9. The van der Waals surface area contributed by atoms with Gasteiger partial charge in [0.2, 0.25) is 5.91 Å². The molecule has 3 amide bonds. The lowest BCUT2D eigenvalue weighted by molar-refractivity contribution is -0.117. The van der Waals surface area contributed by atoms with Crippen molar-refractivity contribution in [1.82, 2.24) is 9.80 Å². The third kappa shape index (κ3) is 5.52. The van der Waals surface area contributed by atoms with Crippen LogP contribution in [0.2, 0.25) is 15.1 Å². The first-order valence-corrected chi connectivity index (χ1v) is 9.83. The Labute approximate surface area is 178 Å². The molecule has 1 aliphatic heterocycles. The van der Waals surface area contributed by atoms with E-state index in [4.69, 9.17) is 34.8 Å². The molecule has 2 aromatic carbocycles. The molecule has 28 heavy (non-hydrogen) atoms. The van der Waals surface area contributed by atoms with Gasteiger partial charge in [0, 0.05) is 31.9 Å². The summed E-state index contributed by atoms with van der Waals surface area (Å²) in [5.41, 5.74) is 1.18. The Morgan fingerprint density at radius 3 is 2.25 bits per heavy atom. The fourth-order valence-corrected chi connectivity index (χ4v) is 3.32. The zero-order chi connectivity index (χ0) is 20.1. The average molecular weight is 442 g/mol. The van der Waals surface area contributed by atoms with Crippen molar-refractivity contribution in [2.75, 3.05) is 43.4 Å². The molecule has 1 fully saturated rings. The Kier molecular flexibility index (Phi) is 7.02. The zero-order valence-electron chi connectivity index (χ0n) is 14.9. The van der Waals surface area contributed by atoms with E-state index in [1.54, 1.807) is 41.3 Å². The number of anilines is 2. The van der Waals surface area contributed by atoms with Gasteiger partial charge in [0.15, 0.2) is 0 Å². The van der Waals surface area contributed by atoms with Crippen LogP contribution in [0.15, 0.2) is 42.5 Å². The highest BCUT2D eigenvalue weighted by Gasteiger charge is 2.22. The molecule has 0 spiro atoms. The van der Waals surface area contributed by atoms with E-state index in [9.17, 15) is 9.59 Å². The number of urea groups is 1. The van der Waals surface area contributed by atoms with Gasteiger partial charge in [-0.15, -0.1) is 0 Å². The molecule has 6 nitrogen and oxygen atoms in total. The zero-order valence-corrected chi connectivity index (χ0v) is 17.2. The van der Waals surface area contributed by atoms with Crippen molar-refractivity contribution in [2.24, 2.45) is 0 Å². The highest BCUT2D eigenvalue weighted by atomic mass is 35.5. The van der Waals surface area contributed by atoms with Gasteiger partial charge in [-0.1, -0.05) is 46.9 Å². The van der Waals surface area contributed by atoms with Gasteiger partial charge in [-0.2, -0.15) is 0 Å². The van der Waals surface area contributed by atoms with Gasteiger partial charge in [-0.05, 0) is 30.3 Å². The molecule has 0 aliphatic carbocycles. The molecule has 3 rings (SSSR count). The second-order valence-corrected chi connectivity index (χ2v) is 7.57. The molecule has 0 saturated carbocycles. The second-order valence-electron chi connectivity index (χ2n) is 6.35. The summed E-state index contributed by atoms with van der Waals surface area (Å²) in [5, 5.41) is 6.93. The van der Waals surface area contributed by atoms with Crippen LogP contribution < -0.4 is 10.6 Å². The lowest BCUT2D eigenvalue weighted by atomic mass is 10.3. The van der Waals surface area contributed by atoms with Crippen LogP contribution in [0.1, 0.15) is 0 Å². The lowest BCUT2D eigenvalue weighted by Gasteiger charge is -2.34. The minimum absolute atomic E-state index is 0.137. The summed E-state index contributed by atoms with van der Waals surface area (Å²) in [4.78, 5) is 28.3. The molecule has 0 unspecified atom stereocenters. The number of nitrogens with one attached hydrogen (secondary N) is 2. The SMILES string of the molecule is O=C(CN1CCN(C(=O)Nc2ccc(Cl)c(Cl)c2)CC1)Nc1ccccc1Cl. The van der Waals surface area contributed by atoms with Gasteiger partial charge < -0.3 is 15.5 Å². The molecule has 9 heteroatoms. The predicted molar refractivity (Wildman–Crippen MR) is 114 cm³/mol. The number of amides is 3. The van der Waals surface area contributed by atoms with Gasteiger partial charge in [0.1, 0.15) is 0 Å². The van der Waals surface area contributed by atoms with E-state index in [-0.39, 0.29) is 18.5 Å². The summed E-state index contributed by atoms with van der Waals surface area (Å²) < 4.78 is 0. The van der Waals surface area contributed by atoms with Crippen molar-refractivity contribution in [1.29, 1.82) is 0 Å². The third-order valence-electron chi connectivity index (χ3n) is 4.35. The normalized spacial score (nSPS) is 14.6. The Morgan fingerprint density at radius 1 is 0.857 bits per heavy atom. The fourth-order valence-electron chi connectivity index (χ4n) is 2.84. The van der Waals surface area contributed by atoms with Gasteiger partial charge >= 0.3 is 6.03 Å². The molecule has 1 saturated heterocycles. The van der Waals surface area contributed by atoms with E-state index in [1.807, 2.05) is 11.0 Å². The number of carbonyl (C=O) groups is 2. The molecule has 0 aromatic heterocycles. The molecule has 1 heterocycles. The summed E-state index contributed by atoms with van der Waals surface area (Å²) in [5.74, 6) is -0.137. The Balaban J connectivity index is 1.46. The van der Waals surface area contributed by atoms with Crippen LogP contribution in [-0.4, -0.2) is 54.5 Å². The first-order valence-electron chi connectivity index (χ1n) is 8.70. The number of piperazine rings is 1. The molecule has 2 aromatic rings. The number of hydrogen-bond donors (Lipinski definition) is 2. The van der Waals surface area contributed by atoms with Crippen molar-refractivity contribution < 1.29 is 9.59 Å². The minimum Gasteiger partial charge on any atom is -0.324 e. The van der Waals surface area contributed by atoms with E-state index in [0.29, 0.717) is 52.6 Å². The quantitative estimate of drug-likeness (QED) is 0.737. The second kappa shape index (κ2) is 9.47.